The Kier molecular flexibility index (Phi) is 5.31. The van der Waals surface area contributed by atoms with Crippen molar-refractivity contribution in [3.8, 4) is 11.5 Å². The minimum Gasteiger partial charge on any atom is -0.493 e. The fraction of sp³-hybridized carbons (Fsp3) is 0.316. The topological polar surface area (TPSA) is 47.6 Å². The van der Waals surface area contributed by atoms with E-state index in [1.165, 1.54) is 17.7 Å². The van der Waals surface area contributed by atoms with E-state index in [0.29, 0.717) is 6.54 Å². The van der Waals surface area contributed by atoms with E-state index < -0.39 is 5.82 Å². The van der Waals surface area contributed by atoms with Crippen molar-refractivity contribution >= 4 is 5.91 Å². The van der Waals surface area contributed by atoms with Crippen LogP contribution >= 0.6 is 0 Å². The molecule has 0 unspecified atom stereocenters. The summed E-state index contributed by atoms with van der Waals surface area (Å²) in [6.07, 6.45) is 2.81. The molecular weight excluding hydrogens is 309 g/mol. The van der Waals surface area contributed by atoms with Gasteiger partial charge in [0.05, 0.1) is 6.61 Å². The van der Waals surface area contributed by atoms with Crippen LogP contribution in [0.1, 0.15) is 17.5 Å². The first-order valence-electron chi connectivity index (χ1n) is 8.11. The summed E-state index contributed by atoms with van der Waals surface area (Å²) in [4.78, 5) is 11.8. The lowest BCUT2D eigenvalue weighted by Gasteiger charge is -2.18. The Morgan fingerprint density at radius 3 is 3.00 bits per heavy atom. The molecule has 4 nitrogen and oxygen atoms in total. The van der Waals surface area contributed by atoms with Gasteiger partial charge in [0, 0.05) is 6.54 Å². The van der Waals surface area contributed by atoms with E-state index in [1.54, 1.807) is 12.1 Å². The number of halogens is 1. The van der Waals surface area contributed by atoms with Crippen LogP contribution in [0.3, 0.4) is 0 Å². The fourth-order valence-electron chi connectivity index (χ4n) is 2.67. The highest BCUT2D eigenvalue weighted by Gasteiger charge is 2.11. The molecular formula is C19H20FNO3. The van der Waals surface area contributed by atoms with Gasteiger partial charge in [0.15, 0.2) is 18.2 Å². The van der Waals surface area contributed by atoms with Crippen molar-refractivity contribution in [3.05, 3.63) is 59.4 Å². The molecule has 24 heavy (non-hydrogen) atoms. The lowest BCUT2D eigenvalue weighted by molar-refractivity contribution is -0.123. The van der Waals surface area contributed by atoms with E-state index in [0.717, 1.165) is 37.2 Å². The van der Waals surface area contributed by atoms with E-state index in [-0.39, 0.29) is 18.3 Å². The van der Waals surface area contributed by atoms with Crippen molar-refractivity contribution in [1.82, 2.24) is 5.32 Å². The molecule has 0 bridgehead atoms. The first-order chi connectivity index (χ1) is 11.7. The maximum atomic E-state index is 13.4. The third-order valence-electron chi connectivity index (χ3n) is 3.90. The Morgan fingerprint density at radius 1 is 1.25 bits per heavy atom. The smallest absolute Gasteiger partial charge is 0.257 e. The van der Waals surface area contributed by atoms with Gasteiger partial charge in [-0.2, -0.15) is 0 Å². The first kappa shape index (κ1) is 16.3. The molecule has 0 aromatic heterocycles. The summed E-state index contributed by atoms with van der Waals surface area (Å²) in [6, 6.07) is 12.2. The highest BCUT2D eigenvalue weighted by Crippen LogP contribution is 2.25. The molecule has 1 aliphatic heterocycles. The molecule has 0 atom stereocenters. The third kappa shape index (κ3) is 4.25. The predicted octanol–water partition coefficient (Wildman–Crippen LogP) is 2.89. The standard InChI is InChI=1S/C19H20FNO3/c20-16-5-1-2-6-18(16)24-13-19(22)21-10-9-14-7-8-17-15(12-14)4-3-11-23-17/h1-2,5-8,12H,3-4,9-11,13H2,(H,21,22). The van der Waals surface area contributed by atoms with Gasteiger partial charge < -0.3 is 14.8 Å². The summed E-state index contributed by atoms with van der Waals surface area (Å²) >= 11 is 0. The Hall–Kier alpha value is -2.56. The van der Waals surface area contributed by atoms with Crippen molar-refractivity contribution in [1.29, 1.82) is 0 Å². The molecule has 0 radical (unpaired) electrons. The van der Waals surface area contributed by atoms with Gasteiger partial charge in [0.25, 0.3) is 5.91 Å². The van der Waals surface area contributed by atoms with E-state index in [2.05, 4.69) is 11.4 Å². The molecule has 2 aromatic rings. The van der Waals surface area contributed by atoms with Crippen molar-refractivity contribution in [2.75, 3.05) is 19.8 Å². The summed E-state index contributed by atoms with van der Waals surface area (Å²) in [5.41, 5.74) is 2.39. The number of carbonyl (C=O) groups excluding carboxylic acids is 1. The van der Waals surface area contributed by atoms with Crippen molar-refractivity contribution in [2.24, 2.45) is 0 Å². The van der Waals surface area contributed by atoms with Crippen LogP contribution in [0.25, 0.3) is 0 Å². The average Bonchev–Trinajstić information content (AvgIpc) is 2.61. The number of rotatable bonds is 6. The largest absolute Gasteiger partial charge is 0.493 e. The molecule has 0 aliphatic carbocycles. The Morgan fingerprint density at radius 2 is 2.12 bits per heavy atom. The van der Waals surface area contributed by atoms with Gasteiger partial charge in [-0.05, 0) is 48.6 Å². The molecule has 1 amide bonds. The zero-order chi connectivity index (χ0) is 16.8. The summed E-state index contributed by atoms with van der Waals surface area (Å²) < 4.78 is 24.1. The van der Waals surface area contributed by atoms with Crippen LogP contribution in [-0.2, 0) is 17.6 Å². The van der Waals surface area contributed by atoms with Gasteiger partial charge in [0.1, 0.15) is 5.75 Å². The van der Waals surface area contributed by atoms with Gasteiger partial charge in [-0.25, -0.2) is 4.39 Å². The van der Waals surface area contributed by atoms with Crippen LogP contribution in [0.5, 0.6) is 11.5 Å². The van der Waals surface area contributed by atoms with Crippen LogP contribution in [0.15, 0.2) is 42.5 Å². The normalized spacial score (nSPS) is 12.9. The zero-order valence-corrected chi connectivity index (χ0v) is 13.4. The van der Waals surface area contributed by atoms with E-state index in [1.807, 2.05) is 12.1 Å². The van der Waals surface area contributed by atoms with Crippen LogP contribution in [0.4, 0.5) is 4.39 Å². The maximum Gasteiger partial charge on any atom is 0.257 e. The van der Waals surface area contributed by atoms with Crippen LogP contribution in [-0.4, -0.2) is 25.7 Å². The van der Waals surface area contributed by atoms with Crippen molar-refractivity contribution in [3.63, 3.8) is 0 Å². The molecule has 1 heterocycles. The number of ether oxygens (including phenoxy) is 2. The molecule has 3 rings (SSSR count). The number of carbonyl (C=O) groups is 1. The number of benzene rings is 2. The third-order valence-corrected chi connectivity index (χ3v) is 3.90. The molecule has 0 saturated carbocycles. The first-order valence-corrected chi connectivity index (χ1v) is 8.11. The second-order valence-electron chi connectivity index (χ2n) is 5.71. The number of hydrogen-bond acceptors (Lipinski definition) is 3. The molecule has 0 saturated heterocycles. The molecule has 1 aliphatic rings. The monoisotopic (exact) mass is 329 g/mol. The van der Waals surface area contributed by atoms with E-state index >= 15 is 0 Å². The van der Waals surface area contributed by atoms with Gasteiger partial charge in [0.2, 0.25) is 0 Å². The molecule has 0 fully saturated rings. The van der Waals surface area contributed by atoms with Gasteiger partial charge in [-0.15, -0.1) is 0 Å². The molecule has 0 spiro atoms. The van der Waals surface area contributed by atoms with E-state index in [4.69, 9.17) is 9.47 Å². The van der Waals surface area contributed by atoms with Crippen molar-refractivity contribution < 1.29 is 18.7 Å². The van der Waals surface area contributed by atoms with Crippen LogP contribution < -0.4 is 14.8 Å². The zero-order valence-electron chi connectivity index (χ0n) is 13.4. The Bertz CT molecular complexity index is 718. The van der Waals surface area contributed by atoms with Crippen molar-refractivity contribution in [2.45, 2.75) is 19.3 Å². The van der Waals surface area contributed by atoms with Crippen LogP contribution in [0.2, 0.25) is 0 Å². The predicted molar refractivity (Wildman–Crippen MR) is 88.9 cm³/mol. The minimum atomic E-state index is -0.471. The van der Waals surface area contributed by atoms with Gasteiger partial charge >= 0.3 is 0 Å². The summed E-state index contributed by atoms with van der Waals surface area (Å²) in [5, 5.41) is 2.78. The highest BCUT2D eigenvalue weighted by molar-refractivity contribution is 5.77. The summed E-state index contributed by atoms with van der Waals surface area (Å²) in [7, 11) is 0. The molecule has 1 N–H and O–H groups in total. The number of amides is 1. The summed E-state index contributed by atoms with van der Waals surface area (Å²) in [5.74, 6) is 0.316. The number of nitrogens with one attached hydrogen (secondary N) is 1. The average molecular weight is 329 g/mol. The van der Waals surface area contributed by atoms with Gasteiger partial charge in [-0.1, -0.05) is 24.3 Å². The number of para-hydroxylation sites is 1. The minimum absolute atomic E-state index is 0.0855. The number of fused-ring (bicyclic) bond motifs is 1. The van der Waals surface area contributed by atoms with E-state index in [9.17, 15) is 9.18 Å². The number of aryl methyl sites for hydroxylation is 1. The van der Waals surface area contributed by atoms with Crippen LogP contribution in [0, 0.1) is 5.82 Å². The molecule has 126 valence electrons. The lowest BCUT2D eigenvalue weighted by Crippen LogP contribution is -2.30. The molecule has 2 aromatic carbocycles. The Labute approximate surface area is 140 Å². The number of hydrogen-bond donors (Lipinski definition) is 1. The fourth-order valence-corrected chi connectivity index (χ4v) is 2.67. The summed E-state index contributed by atoms with van der Waals surface area (Å²) in [6.45, 7) is 1.10. The highest BCUT2D eigenvalue weighted by atomic mass is 19.1. The quantitative estimate of drug-likeness (QED) is 0.886. The molecule has 5 heteroatoms. The van der Waals surface area contributed by atoms with Gasteiger partial charge in [-0.3, -0.25) is 4.79 Å². The Balaban J connectivity index is 1.43. The lowest BCUT2D eigenvalue weighted by atomic mass is 10.0. The SMILES string of the molecule is O=C(COc1ccccc1F)NCCc1ccc2c(c1)CCCO2. The maximum absolute atomic E-state index is 13.4. The second kappa shape index (κ2) is 7.81. The second-order valence-corrected chi connectivity index (χ2v) is 5.71.